The van der Waals surface area contributed by atoms with Crippen LogP contribution in [0.5, 0.6) is 0 Å². The van der Waals surface area contributed by atoms with Gasteiger partial charge in [0.2, 0.25) is 0 Å². The number of nitrogens with zero attached hydrogens (tertiary/aromatic N) is 1. The number of hydrogen-bond acceptors (Lipinski definition) is 7. The number of Topliss-reactive ketones (excluding diaryl/α,β-unsaturated/α-hetero) is 2. The number of carbonyl (C=O) groups excluding carboxylic acids is 2. The van der Waals surface area contributed by atoms with Crippen LogP contribution in [0.4, 0.5) is 0 Å². The molecule has 0 saturated heterocycles. The molecule has 1 unspecified atom stereocenters. The van der Waals surface area contributed by atoms with Crippen molar-refractivity contribution < 1.29 is 27.0 Å². The second-order valence-electron chi connectivity index (χ2n) is 9.86. The molecule has 0 saturated carbocycles. The molecule has 204 valence electrons. The SMILES string of the molecule is CCC/C(=N\OCC)C1=C(OS(=O)(=O)c2ccc(C)cc2)CC(c2c(C)cc(C)c(C(C)=O)c2C)CC1=O. The topological polar surface area (TPSA) is 99.1 Å². The minimum absolute atomic E-state index is 0.00451. The lowest BCUT2D eigenvalue weighted by Gasteiger charge is -2.29. The van der Waals surface area contributed by atoms with E-state index >= 15 is 0 Å². The Balaban J connectivity index is 2.19. The molecule has 1 aliphatic carbocycles. The van der Waals surface area contributed by atoms with Crippen LogP contribution >= 0.6 is 0 Å². The van der Waals surface area contributed by atoms with Crippen molar-refractivity contribution in [1.82, 2.24) is 0 Å². The van der Waals surface area contributed by atoms with E-state index in [2.05, 4.69) is 5.16 Å². The fourth-order valence-corrected chi connectivity index (χ4v) is 6.31. The van der Waals surface area contributed by atoms with Crippen LogP contribution < -0.4 is 0 Å². The first kappa shape index (κ1) is 29.3. The Morgan fingerprint density at radius 2 is 1.68 bits per heavy atom. The monoisotopic (exact) mass is 539 g/mol. The van der Waals surface area contributed by atoms with Crippen molar-refractivity contribution >= 4 is 27.4 Å². The van der Waals surface area contributed by atoms with Crippen molar-refractivity contribution in [2.45, 2.75) is 85.0 Å². The first-order valence-corrected chi connectivity index (χ1v) is 14.4. The molecule has 2 aromatic carbocycles. The van der Waals surface area contributed by atoms with Gasteiger partial charge in [-0.3, -0.25) is 9.59 Å². The highest BCUT2D eigenvalue weighted by Gasteiger charge is 2.36. The number of aryl methyl sites for hydroxylation is 3. The molecule has 2 aromatic rings. The average molecular weight is 540 g/mol. The van der Waals surface area contributed by atoms with Crippen molar-refractivity contribution in [3.63, 3.8) is 0 Å². The highest BCUT2D eigenvalue weighted by Crippen LogP contribution is 2.41. The van der Waals surface area contributed by atoms with Gasteiger partial charge in [0.25, 0.3) is 0 Å². The lowest BCUT2D eigenvalue weighted by atomic mass is 9.76. The van der Waals surface area contributed by atoms with Crippen molar-refractivity contribution in [3.8, 4) is 0 Å². The third kappa shape index (κ3) is 6.23. The molecule has 0 radical (unpaired) electrons. The zero-order valence-electron chi connectivity index (χ0n) is 23.3. The Morgan fingerprint density at radius 1 is 1.03 bits per heavy atom. The summed E-state index contributed by atoms with van der Waals surface area (Å²) in [6, 6.07) is 8.32. The summed E-state index contributed by atoms with van der Waals surface area (Å²) < 4.78 is 32.4. The van der Waals surface area contributed by atoms with Gasteiger partial charge in [0.05, 0.1) is 11.3 Å². The van der Waals surface area contributed by atoms with Gasteiger partial charge in [0.1, 0.15) is 17.3 Å². The van der Waals surface area contributed by atoms with Gasteiger partial charge in [-0.2, -0.15) is 8.42 Å². The van der Waals surface area contributed by atoms with Crippen molar-refractivity contribution in [2.75, 3.05) is 6.61 Å². The number of ketones is 2. The highest BCUT2D eigenvalue weighted by atomic mass is 32.2. The van der Waals surface area contributed by atoms with E-state index in [1.165, 1.54) is 19.1 Å². The molecule has 7 nitrogen and oxygen atoms in total. The molecule has 0 heterocycles. The van der Waals surface area contributed by atoms with Gasteiger partial charge in [0, 0.05) is 18.4 Å². The predicted octanol–water partition coefficient (Wildman–Crippen LogP) is 6.42. The molecule has 0 aromatic heterocycles. The lowest BCUT2D eigenvalue weighted by Crippen LogP contribution is -2.27. The Kier molecular flexibility index (Phi) is 9.31. The molecule has 38 heavy (non-hydrogen) atoms. The zero-order valence-corrected chi connectivity index (χ0v) is 24.1. The van der Waals surface area contributed by atoms with Crippen LogP contribution in [0.2, 0.25) is 0 Å². The molecular formula is C30H37NO6S. The molecule has 1 atom stereocenters. The standard InChI is InChI=1S/C30H37NO6S/c1-8-10-25(31-36-9-2)30-26(33)16-23(29-20(5)15-19(4)28(21(29)6)22(7)32)17-27(30)37-38(34,35)24-13-11-18(3)12-14-24/h11-15,23H,8-10,16-17H2,1-7H3/b31-25+. The molecule has 1 aliphatic rings. The van der Waals surface area contributed by atoms with Crippen LogP contribution in [0.3, 0.4) is 0 Å². The Labute approximate surface area is 226 Å². The van der Waals surface area contributed by atoms with Crippen LogP contribution in [-0.4, -0.2) is 32.3 Å². The van der Waals surface area contributed by atoms with E-state index in [1.807, 2.05) is 40.7 Å². The van der Waals surface area contributed by atoms with Gasteiger partial charge in [-0.1, -0.05) is 42.3 Å². The number of benzene rings is 2. The summed E-state index contributed by atoms with van der Waals surface area (Å²) in [6.07, 6.45) is 1.43. The largest absolute Gasteiger partial charge is 0.396 e. The quantitative estimate of drug-likeness (QED) is 0.149. The smallest absolute Gasteiger partial charge is 0.338 e. The second-order valence-corrected chi connectivity index (χ2v) is 11.4. The maximum absolute atomic E-state index is 13.7. The number of allylic oxidation sites excluding steroid dienone is 2. The molecule has 0 amide bonds. The molecular weight excluding hydrogens is 502 g/mol. The molecule has 0 spiro atoms. The third-order valence-corrected chi connectivity index (χ3v) is 8.08. The summed E-state index contributed by atoms with van der Waals surface area (Å²) in [5.41, 5.74) is 5.61. The van der Waals surface area contributed by atoms with E-state index in [0.717, 1.165) is 27.8 Å². The summed E-state index contributed by atoms with van der Waals surface area (Å²) in [5, 5.41) is 4.17. The Morgan fingerprint density at radius 3 is 2.26 bits per heavy atom. The second kappa shape index (κ2) is 12.1. The molecule has 0 bridgehead atoms. The Bertz CT molecular complexity index is 1400. The predicted molar refractivity (Wildman–Crippen MR) is 148 cm³/mol. The minimum atomic E-state index is -4.22. The van der Waals surface area contributed by atoms with Crippen LogP contribution in [0, 0.1) is 27.7 Å². The van der Waals surface area contributed by atoms with E-state index in [0.29, 0.717) is 30.7 Å². The summed E-state index contributed by atoms with van der Waals surface area (Å²) in [5.74, 6) is -0.608. The van der Waals surface area contributed by atoms with E-state index in [9.17, 15) is 18.0 Å². The highest BCUT2D eigenvalue weighted by molar-refractivity contribution is 7.86. The fourth-order valence-electron chi connectivity index (χ4n) is 5.33. The Hall–Kier alpha value is -3.26. The maximum atomic E-state index is 13.7. The molecule has 0 N–H and O–H groups in total. The van der Waals surface area contributed by atoms with E-state index in [1.54, 1.807) is 19.1 Å². The van der Waals surface area contributed by atoms with E-state index < -0.39 is 10.1 Å². The van der Waals surface area contributed by atoms with E-state index in [-0.39, 0.29) is 46.6 Å². The lowest BCUT2D eigenvalue weighted by molar-refractivity contribution is -0.116. The number of rotatable bonds is 10. The molecule has 0 fully saturated rings. The van der Waals surface area contributed by atoms with Gasteiger partial charge >= 0.3 is 10.1 Å². The summed E-state index contributed by atoms with van der Waals surface area (Å²) in [7, 11) is -4.22. The van der Waals surface area contributed by atoms with Crippen LogP contribution in [0.1, 0.15) is 90.5 Å². The fraction of sp³-hybridized carbons (Fsp3) is 0.433. The van der Waals surface area contributed by atoms with Gasteiger partial charge in [-0.25, -0.2) is 0 Å². The normalized spacial score (nSPS) is 16.6. The first-order chi connectivity index (χ1) is 17.9. The van der Waals surface area contributed by atoms with Gasteiger partial charge in [0.15, 0.2) is 11.6 Å². The third-order valence-electron chi connectivity index (χ3n) is 6.81. The molecule has 8 heteroatoms. The summed E-state index contributed by atoms with van der Waals surface area (Å²) in [6.45, 7) is 13.2. The van der Waals surface area contributed by atoms with Gasteiger partial charge in [-0.15, -0.1) is 0 Å². The van der Waals surface area contributed by atoms with Crippen molar-refractivity contribution in [1.29, 1.82) is 0 Å². The van der Waals surface area contributed by atoms with Crippen molar-refractivity contribution in [2.24, 2.45) is 5.16 Å². The number of oxime groups is 1. The molecule has 0 aliphatic heterocycles. The van der Waals surface area contributed by atoms with E-state index in [4.69, 9.17) is 9.02 Å². The maximum Gasteiger partial charge on any atom is 0.338 e. The summed E-state index contributed by atoms with van der Waals surface area (Å²) in [4.78, 5) is 31.4. The first-order valence-electron chi connectivity index (χ1n) is 13.0. The average Bonchev–Trinajstić information content (AvgIpc) is 2.81. The van der Waals surface area contributed by atoms with Crippen LogP contribution in [0.15, 0.2) is 51.7 Å². The number of carbonyl (C=O) groups is 2. The van der Waals surface area contributed by atoms with Gasteiger partial charge in [-0.05, 0) is 88.3 Å². The van der Waals surface area contributed by atoms with Crippen molar-refractivity contribution in [3.05, 3.63) is 75.0 Å². The molecule has 3 rings (SSSR count). The van der Waals surface area contributed by atoms with Gasteiger partial charge < -0.3 is 9.02 Å². The zero-order chi connectivity index (χ0) is 28.2. The summed E-state index contributed by atoms with van der Waals surface area (Å²) >= 11 is 0. The van der Waals surface area contributed by atoms with Crippen LogP contribution in [-0.2, 0) is 23.9 Å². The van der Waals surface area contributed by atoms with Crippen LogP contribution in [0.25, 0.3) is 0 Å². The minimum Gasteiger partial charge on any atom is -0.396 e. The number of hydrogen-bond donors (Lipinski definition) is 0.